The van der Waals surface area contributed by atoms with Gasteiger partial charge >= 0.3 is 5.91 Å². The minimum Gasteiger partial charge on any atom is -0.459 e. The monoisotopic (exact) mass is 293 g/mol. The van der Waals surface area contributed by atoms with Crippen molar-refractivity contribution in [3.05, 3.63) is 46.5 Å². The smallest absolute Gasteiger partial charge is 0.305 e. The first-order valence-corrected chi connectivity index (χ1v) is 6.49. The summed E-state index contributed by atoms with van der Waals surface area (Å²) in [5.41, 5.74) is 4.32. The highest BCUT2D eigenvalue weighted by atomic mass is 32.1. The minimum atomic E-state index is -0.576. The summed E-state index contributed by atoms with van der Waals surface area (Å²) >= 11 is 1.27. The fraction of sp³-hybridized carbons (Fsp3) is 0.0833. The van der Waals surface area contributed by atoms with Crippen LogP contribution in [0.5, 0.6) is 0 Å². The van der Waals surface area contributed by atoms with E-state index in [1.54, 1.807) is 23.6 Å². The van der Waals surface area contributed by atoms with Crippen molar-refractivity contribution in [2.24, 2.45) is 0 Å². The number of amides is 3. The molecule has 2 aromatic rings. The molecule has 0 aliphatic rings. The van der Waals surface area contributed by atoms with Gasteiger partial charge in [0.05, 0.1) is 17.7 Å². The second kappa shape index (κ2) is 6.53. The third kappa shape index (κ3) is 3.69. The Morgan fingerprint density at radius 1 is 1.10 bits per heavy atom. The van der Waals surface area contributed by atoms with Gasteiger partial charge in [0, 0.05) is 0 Å². The summed E-state index contributed by atoms with van der Waals surface area (Å²) in [5.74, 6) is -1.39. The second-order valence-corrected chi connectivity index (χ2v) is 4.59. The lowest BCUT2D eigenvalue weighted by molar-refractivity contribution is -0.120. The number of hydrazine groups is 1. The molecule has 0 bridgehead atoms. The van der Waals surface area contributed by atoms with E-state index in [1.807, 2.05) is 0 Å². The molecular weight excluding hydrogens is 282 g/mol. The van der Waals surface area contributed by atoms with E-state index >= 15 is 0 Å². The standard InChI is InChI=1S/C12H11N3O4S/c16-10(7-13-12(18)9-4-2-6-20-9)14-15-11(17)8-3-1-5-19-8/h1-6H,7H2,(H,13,18)(H,14,16)(H,15,17). The third-order valence-corrected chi connectivity index (χ3v) is 3.08. The molecule has 7 nitrogen and oxygen atoms in total. The Bertz CT molecular complexity index is 540. The van der Waals surface area contributed by atoms with E-state index in [0.29, 0.717) is 4.88 Å². The van der Waals surface area contributed by atoms with Crippen LogP contribution >= 0.6 is 11.3 Å². The zero-order valence-electron chi connectivity index (χ0n) is 10.2. The van der Waals surface area contributed by atoms with Crippen molar-refractivity contribution in [3.8, 4) is 0 Å². The van der Waals surface area contributed by atoms with Crippen LogP contribution in [0.25, 0.3) is 0 Å². The lowest BCUT2D eigenvalue weighted by atomic mass is 10.4. The summed E-state index contributed by atoms with van der Waals surface area (Å²) in [6.07, 6.45) is 1.35. The van der Waals surface area contributed by atoms with Crippen LogP contribution in [0.1, 0.15) is 20.2 Å². The van der Waals surface area contributed by atoms with E-state index in [1.165, 1.54) is 23.7 Å². The fourth-order valence-electron chi connectivity index (χ4n) is 1.30. The largest absolute Gasteiger partial charge is 0.459 e. The van der Waals surface area contributed by atoms with Gasteiger partial charge in [0.1, 0.15) is 0 Å². The Hall–Kier alpha value is -2.61. The number of hydrogen-bond acceptors (Lipinski definition) is 5. The van der Waals surface area contributed by atoms with Gasteiger partial charge in [-0.3, -0.25) is 25.2 Å². The number of nitrogens with one attached hydrogen (secondary N) is 3. The summed E-state index contributed by atoms with van der Waals surface area (Å²) in [7, 11) is 0. The predicted molar refractivity (Wildman–Crippen MR) is 71.0 cm³/mol. The summed E-state index contributed by atoms with van der Waals surface area (Å²) in [6.45, 7) is -0.241. The SMILES string of the molecule is O=C(CNC(=O)c1cccs1)NNC(=O)c1ccco1. The molecule has 0 radical (unpaired) electrons. The van der Waals surface area contributed by atoms with Crippen LogP contribution in [0.15, 0.2) is 40.3 Å². The molecule has 104 valence electrons. The van der Waals surface area contributed by atoms with Gasteiger partial charge in [0.25, 0.3) is 11.8 Å². The fourth-order valence-corrected chi connectivity index (χ4v) is 1.94. The molecule has 0 aliphatic carbocycles. The van der Waals surface area contributed by atoms with Gasteiger partial charge in [-0.05, 0) is 23.6 Å². The maximum Gasteiger partial charge on any atom is 0.305 e. The van der Waals surface area contributed by atoms with Gasteiger partial charge in [0.15, 0.2) is 5.76 Å². The topological polar surface area (TPSA) is 100 Å². The van der Waals surface area contributed by atoms with Gasteiger partial charge in [-0.1, -0.05) is 6.07 Å². The summed E-state index contributed by atoms with van der Waals surface area (Å²) in [5, 5.41) is 4.19. The highest BCUT2D eigenvalue weighted by molar-refractivity contribution is 7.12. The Labute approximate surface area is 117 Å². The minimum absolute atomic E-state index is 0.0768. The van der Waals surface area contributed by atoms with E-state index in [-0.39, 0.29) is 18.2 Å². The predicted octanol–water partition coefficient (Wildman–Crippen LogP) is 0.532. The number of rotatable bonds is 4. The van der Waals surface area contributed by atoms with Gasteiger partial charge in [-0.15, -0.1) is 11.3 Å². The molecule has 2 rings (SSSR count). The van der Waals surface area contributed by atoms with Crippen LogP contribution in [0.4, 0.5) is 0 Å². The number of carbonyl (C=O) groups is 3. The third-order valence-electron chi connectivity index (χ3n) is 2.21. The van der Waals surface area contributed by atoms with Crippen LogP contribution in [-0.4, -0.2) is 24.3 Å². The molecular formula is C12H11N3O4S. The molecule has 3 N–H and O–H groups in total. The molecule has 0 aliphatic heterocycles. The Morgan fingerprint density at radius 2 is 1.95 bits per heavy atom. The van der Waals surface area contributed by atoms with Crippen molar-refractivity contribution in [3.63, 3.8) is 0 Å². The molecule has 0 spiro atoms. The van der Waals surface area contributed by atoms with Crippen molar-refractivity contribution in [2.75, 3.05) is 6.54 Å². The van der Waals surface area contributed by atoms with Crippen LogP contribution in [0.3, 0.4) is 0 Å². The van der Waals surface area contributed by atoms with E-state index < -0.39 is 11.8 Å². The van der Waals surface area contributed by atoms with Crippen LogP contribution in [0.2, 0.25) is 0 Å². The molecule has 8 heteroatoms. The summed E-state index contributed by atoms with van der Waals surface area (Å²) in [4.78, 5) is 34.9. The van der Waals surface area contributed by atoms with Gasteiger partial charge in [-0.25, -0.2) is 0 Å². The molecule has 0 saturated carbocycles. The average molecular weight is 293 g/mol. The Morgan fingerprint density at radius 3 is 2.60 bits per heavy atom. The number of thiophene rings is 1. The highest BCUT2D eigenvalue weighted by Gasteiger charge is 2.11. The number of hydrogen-bond donors (Lipinski definition) is 3. The van der Waals surface area contributed by atoms with Crippen LogP contribution in [-0.2, 0) is 4.79 Å². The quantitative estimate of drug-likeness (QED) is 0.716. The first-order chi connectivity index (χ1) is 9.66. The van der Waals surface area contributed by atoms with Gasteiger partial charge in [-0.2, -0.15) is 0 Å². The lowest BCUT2D eigenvalue weighted by Gasteiger charge is -2.06. The van der Waals surface area contributed by atoms with E-state index in [4.69, 9.17) is 4.42 Å². The number of carbonyl (C=O) groups excluding carboxylic acids is 3. The van der Waals surface area contributed by atoms with E-state index in [2.05, 4.69) is 16.2 Å². The van der Waals surface area contributed by atoms with Crippen LogP contribution < -0.4 is 16.2 Å². The second-order valence-electron chi connectivity index (χ2n) is 3.64. The first-order valence-electron chi connectivity index (χ1n) is 5.61. The zero-order chi connectivity index (χ0) is 14.4. The van der Waals surface area contributed by atoms with Gasteiger partial charge < -0.3 is 9.73 Å². The van der Waals surface area contributed by atoms with Gasteiger partial charge in [0.2, 0.25) is 0 Å². The van der Waals surface area contributed by atoms with Crippen molar-refractivity contribution in [2.45, 2.75) is 0 Å². The molecule has 2 aromatic heterocycles. The normalized spacial score (nSPS) is 9.80. The molecule has 0 unspecified atom stereocenters. The maximum absolute atomic E-state index is 11.6. The van der Waals surface area contributed by atoms with Crippen molar-refractivity contribution in [1.82, 2.24) is 16.2 Å². The van der Waals surface area contributed by atoms with E-state index in [9.17, 15) is 14.4 Å². The summed E-state index contributed by atoms with van der Waals surface area (Å²) < 4.78 is 4.84. The molecule has 0 fully saturated rings. The van der Waals surface area contributed by atoms with Crippen molar-refractivity contribution >= 4 is 29.1 Å². The maximum atomic E-state index is 11.6. The Kier molecular flexibility index (Phi) is 4.51. The van der Waals surface area contributed by atoms with Crippen molar-refractivity contribution in [1.29, 1.82) is 0 Å². The molecule has 0 saturated heterocycles. The lowest BCUT2D eigenvalue weighted by Crippen LogP contribution is -2.46. The average Bonchev–Trinajstić information content (AvgIpc) is 3.14. The Balaban J connectivity index is 1.71. The molecule has 2 heterocycles. The first kappa shape index (κ1) is 13.8. The van der Waals surface area contributed by atoms with E-state index in [0.717, 1.165) is 0 Å². The summed E-state index contributed by atoms with van der Waals surface area (Å²) in [6, 6.07) is 6.40. The zero-order valence-corrected chi connectivity index (χ0v) is 11.0. The molecule has 0 aromatic carbocycles. The molecule has 3 amide bonds. The van der Waals surface area contributed by atoms with Crippen LogP contribution in [0, 0.1) is 0 Å². The molecule has 20 heavy (non-hydrogen) atoms. The highest BCUT2D eigenvalue weighted by Crippen LogP contribution is 2.07. The molecule has 0 atom stereocenters. The van der Waals surface area contributed by atoms with Crippen molar-refractivity contribution < 1.29 is 18.8 Å². The number of furan rings is 1.